The zero-order chi connectivity index (χ0) is 11.0. The Bertz CT molecular complexity index is 397. The monoisotopic (exact) mass is 221 g/mol. The summed E-state index contributed by atoms with van der Waals surface area (Å²) in [5, 5.41) is 0. The average Bonchev–Trinajstić information content (AvgIpc) is 2.75. The smallest absolute Gasteiger partial charge is 0.161 e. The zero-order valence-electron chi connectivity index (χ0n) is 8.90. The molecule has 0 amide bonds. The number of hydrogen-bond acceptors (Lipinski definition) is 5. The van der Waals surface area contributed by atoms with Crippen molar-refractivity contribution in [2.24, 2.45) is 5.73 Å². The average molecular weight is 221 g/mol. The van der Waals surface area contributed by atoms with Gasteiger partial charge in [-0.05, 0) is 24.1 Å². The maximum absolute atomic E-state index is 5.77. The number of nitrogens with two attached hydrogens (primary N) is 1. The second-order valence-electron chi connectivity index (χ2n) is 4.09. The molecule has 0 saturated carbocycles. The molecule has 2 aliphatic rings. The molecular weight excluding hydrogens is 206 g/mol. The molecule has 2 atom stereocenters. The first kappa shape index (κ1) is 9.89. The number of benzene rings is 1. The van der Waals surface area contributed by atoms with Gasteiger partial charge in [0.2, 0.25) is 0 Å². The van der Waals surface area contributed by atoms with Gasteiger partial charge >= 0.3 is 0 Å². The van der Waals surface area contributed by atoms with Crippen LogP contribution in [-0.2, 0) is 0 Å². The Labute approximate surface area is 93.9 Å². The Morgan fingerprint density at radius 2 is 1.94 bits per heavy atom. The first-order valence-corrected chi connectivity index (χ1v) is 5.49. The van der Waals surface area contributed by atoms with E-state index in [0.717, 1.165) is 17.9 Å². The summed E-state index contributed by atoms with van der Waals surface area (Å²) in [5.74, 6) is 1.65. The van der Waals surface area contributed by atoms with E-state index in [2.05, 4.69) is 10.9 Å². The van der Waals surface area contributed by atoms with E-state index in [0.29, 0.717) is 13.2 Å². The molecule has 86 valence electrons. The minimum absolute atomic E-state index is 0.0122. The molecule has 5 nitrogen and oxygen atoms in total. The molecule has 2 aliphatic heterocycles. The molecule has 1 aromatic carbocycles. The molecule has 5 heteroatoms. The van der Waals surface area contributed by atoms with Crippen molar-refractivity contribution in [1.29, 1.82) is 0 Å². The standard InChI is InChI=1S/C11H15N3O2/c12-11-6-8(13-14-11)7-1-2-9-10(5-7)16-4-3-15-9/h1-2,5,8,11,13-14H,3-4,6,12H2. The van der Waals surface area contributed by atoms with Crippen molar-refractivity contribution in [2.75, 3.05) is 13.2 Å². The predicted molar refractivity (Wildman–Crippen MR) is 59.0 cm³/mol. The highest BCUT2D eigenvalue weighted by molar-refractivity contribution is 5.44. The van der Waals surface area contributed by atoms with Gasteiger partial charge in [-0.25, -0.2) is 10.9 Å². The minimum Gasteiger partial charge on any atom is -0.486 e. The number of nitrogens with one attached hydrogen (secondary N) is 2. The van der Waals surface area contributed by atoms with Gasteiger partial charge in [0, 0.05) is 6.04 Å². The Morgan fingerprint density at radius 1 is 1.12 bits per heavy atom. The Kier molecular flexibility index (Phi) is 2.43. The van der Waals surface area contributed by atoms with Crippen LogP contribution in [0, 0.1) is 0 Å². The lowest BCUT2D eigenvalue weighted by molar-refractivity contribution is 0.171. The largest absolute Gasteiger partial charge is 0.486 e. The van der Waals surface area contributed by atoms with Crippen LogP contribution < -0.4 is 26.1 Å². The molecule has 16 heavy (non-hydrogen) atoms. The lowest BCUT2D eigenvalue weighted by Gasteiger charge is -2.20. The van der Waals surface area contributed by atoms with Crippen molar-refractivity contribution in [1.82, 2.24) is 10.9 Å². The van der Waals surface area contributed by atoms with E-state index in [1.54, 1.807) is 0 Å². The quantitative estimate of drug-likeness (QED) is 0.635. The maximum Gasteiger partial charge on any atom is 0.161 e. The number of hydrogen-bond donors (Lipinski definition) is 3. The van der Waals surface area contributed by atoms with Gasteiger partial charge in [0.1, 0.15) is 13.2 Å². The summed E-state index contributed by atoms with van der Waals surface area (Å²) < 4.78 is 11.0. The fourth-order valence-electron chi connectivity index (χ4n) is 2.08. The van der Waals surface area contributed by atoms with Gasteiger partial charge in [-0.3, -0.25) is 0 Å². The molecule has 0 radical (unpaired) electrons. The lowest BCUT2D eigenvalue weighted by Crippen LogP contribution is -2.36. The molecule has 0 spiro atoms. The molecule has 1 fully saturated rings. The first-order valence-electron chi connectivity index (χ1n) is 5.49. The second kappa shape index (κ2) is 3.93. The Balaban J connectivity index is 1.85. The molecule has 0 bridgehead atoms. The third kappa shape index (κ3) is 1.73. The molecule has 2 unspecified atom stereocenters. The van der Waals surface area contributed by atoms with Crippen LogP contribution >= 0.6 is 0 Å². The molecule has 4 N–H and O–H groups in total. The first-order chi connectivity index (χ1) is 7.83. The summed E-state index contributed by atoms with van der Waals surface area (Å²) in [6.45, 7) is 1.24. The molecule has 1 aromatic rings. The van der Waals surface area contributed by atoms with Crippen LogP contribution in [0.4, 0.5) is 0 Å². The van der Waals surface area contributed by atoms with Gasteiger partial charge in [-0.15, -0.1) is 0 Å². The van der Waals surface area contributed by atoms with Crippen LogP contribution in [0.25, 0.3) is 0 Å². The highest BCUT2D eigenvalue weighted by atomic mass is 16.6. The van der Waals surface area contributed by atoms with E-state index in [9.17, 15) is 0 Å². The second-order valence-corrected chi connectivity index (χ2v) is 4.09. The summed E-state index contributed by atoms with van der Waals surface area (Å²) >= 11 is 0. The van der Waals surface area contributed by atoms with Crippen molar-refractivity contribution in [3.8, 4) is 11.5 Å². The third-order valence-corrected chi connectivity index (χ3v) is 2.90. The Morgan fingerprint density at radius 3 is 2.69 bits per heavy atom. The highest BCUT2D eigenvalue weighted by Crippen LogP contribution is 2.33. The number of fused-ring (bicyclic) bond motifs is 1. The topological polar surface area (TPSA) is 68.5 Å². The van der Waals surface area contributed by atoms with Crippen LogP contribution in [0.5, 0.6) is 11.5 Å². The van der Waals surface area contributed by atoms with Crippen LogP contribution in [0.1, 0.15) is 18.0 Å². The third-order valence-electron chi connectivity index (χ3n) is 2.90. The SMILES string of the molecule is NC1CC(c2ccc3c(c2)OCCO3)NN1. The molecule has 3 rings (SSSR count). The summed E-state index contributed by atoms with van der Waals surface area (Å²) in [5.41, 5.74) is 13.1. The van der Waals surface area contributed by atoms with Crippen molar-refractivity contribution in [3.63, 3.8) is 0 Å². The van der Waals surface area contributed by atoms with E-state index in [-0.39, 0.29) is 12.2 Å². The van der Waals surface area contributed by atoms with Gasteiger partial charge in [-0.1, -0.05) is 6.07 Å². The van der Waals surface area contributed by atoms with Gasteiger partial charge < -0.3 is 15.2 Å². The van der Waals surface area contributed by atoms with Crippen molar-refractivity contribution >= 4 is 0 Å². The van der Waals surface area contributed by atoms with E-state index in [1.165, 1.54) is 5.56 Å². The van der Waals surface area contributed by atoms with Crippen molar-refractivity contribution in [2.45, 2.75) is 18.6 Å². The fraction of sp³-hybridized carbons (Fsp3) is 0.455. The maximum atomic E-state index is 5.77. The number of rotatable bonds is 1. The molecule has 2 heterocycles. The summed E-state index contributed by atoms with van der Waals surface area (Å²) in [7, 11) is 0. The summed E-state index contributed by atoms with van der Waals surface area (Å²) in [6.07, 6.45) is 0.887. The molecule has 0 aromatic heterocycles. The summed E-state index contributed by atoms with van der Waals surface area (Å²) in [6, 6.07) is 6.26. The molecular formula is C11H15N3O2. The van der Waals surface area contributed by atoms with Crippen LogP contribution in [0.2, 0.25) is 0 Å². The normalized spacial score (nSPS) is 28.1. The molecule has 0 aliphatic carbocycles. The van der Waals surface area contributed by atoms with Crippen molar-refractivity contribution in [3.05, 3.63) is 23.8 Å². The van der Waals surface area contributed by atoms with E-state index < -0.39 is 0 Å². The zero-order valence-corrected chi connectivity index (χ0v) is 8.90. The van der Waals surface area contributed by atoms with Crippen molar-refractivity contribution < 1.29 is 9.47 Å². The fourth-order valence-corrected chi connectivity index (χ4v) is 2.08. The lowest BCUT2D eigenvalue weighted by atomic mass is 10.0. The van der Waals surface area contributed by atoms with E-state index >= 15 is 0 Å². The number of hydrazine groups is 1. The van der Waals surface area contributed by atoms with Crippen LogP contribution in [-0.4, -0.2) is 19.4 Å². The van der Waals surface area contributed by atoms with Crippen LogP contribution in [0.3, 0.4) is 0 Å². The highest BCUT2D eigenvalue weighted by Gasteiger charge is 2.23. The van der Waals surface area contributed by atoms with Gasteiger partial charge in [0.15, 0.2) is 11.5 Å². The van der Waals surface area contributed by atoms with E-state index in [1.807, 2.05) is 18.2 Å². The minimum atomic E-state index is 0.0122. The Hall–Kier alpha value is -1.30. The van der Waals surface area contributed by atoms with Gasteiger partial charge in [0.05, 0.1) is 6.17 Å². The van der Waals surface area contributed by atoms with Gasteiger partial charge in [0.25, 0.3) is 0 Å². The predicted octanol–water partition coefficient (Wildman–Crippen LogP) is 0.282. The van der Waals surface area contributed by atoms with Gasteiger partial charge in [-0.2, -0.15) is 0 Å². The van der Waals surface area contributed by atoms with E-state index in [4.69, 9.17) is 15.2 Å². The summed E-state index contributed by atoms with van der Waals surface area (Å²) in [4.78, 5) is 0. The number of ether oxygens (including phenoxy) is 2. The van der Waals surface area contributed by atoms with Crippen LogP contribution in [0.15, 0.2) is 18.2 Å². The molecule has 1 saturated heterocycles.